The van der Waals surface area contributed by atoms with E-state index in [1.165, 1.54) is 0 Å². The van der Waals surface area contributed by atoms with Crippen LogP contribution in [0.15, 0.2) is 48.2 Å². The fraction of sp³-hybridized carbons (Fsp3) is 0.318. The minimum absolute atomic E-state index is 0.0786. The van der Waals surface area contributed by atoms with E-state index < -0.39 is 0 Å². The molecule has 0 amide bonds. The van der Waals surface area contributed by atoms with E-state index in [1.807, 2.05) is 43.3 Å². The van der Waals surface area contributed by atoms with Crippen LogP contribution in [0.1, 0.15) is 34.8 Å². The Balaban J connectivity index is 1.54. The van der Waals surface area contributed by atoms with Gasteiger partial charge in [0.25, 0.3) is 0 Å². The first kappa shape index (κ1) is 17.8. The Hall–Kier alpha value is -2.63. The molecule has 0 radical (unpaired) electrons. The van der Waals surface area contributed by atoms with Gasteiger partial charge in [0.2, 0.25) is 5.78 Å². The Kier molecular flexibility index (Phi) is 5.23. The molecular formula is C22H23NO4. The van der Waals surface area contributed by atoms with Crippen LogP contribution in [-0.4, -0.2) is 37.2 Å². The van der Waals surface area contributed by atoms with Gasteiger partial charge in [-0.2, -0.15) is 0 Å². The van der Waals surface area contributed by atoms with Crippen LogP contribution in [0, 0.1) is 0 Å². The molecule has 0 atom stereocenters. The fourth-order valence-corrected chi connectivity index (χ4v) is 3.38. The van der Waals surface area contributed by atoms with Crippen LogP contribution in [0.25, 0.3) is 6.08 Å². The molecule has 0 bridgehead atoms. The lowest BCUT2D eigenvalue weighted by molar-refractivity contribution is 0.0760. The highest BCUT2D eigenvalue weighted by Crippen LogP contribution is 2.41. The van der Waals surface area contributed by atoms with Crippen molar-refractivity contribution in [2.45, 2.75) is 19.9 Å². The standard InChI is InChI=1S/C22H23NO4/c1-2-25-12-6-11-23-14-18-19(26-15-23)10-9-17-21(24)20(27-22(17)18)13-16-7-4-3-5-8-16/h3-5,7-10,13H,2,6,11-12,14-15H2,1H3/b20-13-. The van der Waals surface area contributed by atoms with Crippen LogP contribution in [0.5, 0.6) is 11.5 Å². The monoisotopic (exact) mass is 365 g/mol. The van der Waals surface area contributed by atoms with Crippen molar-refractivity contribution >= 4 is 11.9 Å². The average molecular weight is 365 g/mol. The van der Waals surface area contributed by atoms with Crippen molar-refractivity contribution in [3.63, 3.8) is 0 Å². The topological polar surface area (TPSA) is 48.0 Å². The molecule has 2 aromatic rings. The summed E-state index contributed by atoms with van der Waals surface area (Å²) in [4.78, 5) is 15.0. The zero-order valence-corrected chi connectivity index (χ0v) is 15.4. The summed E-state index contributed by atoms with van der Waals surface area (Å²) in [6, 6.07) is 13.4. The van der Waals surface area contributed by atoms with E-state index in [0.717, 1.165) is 43.1 Å². The molecule has 27 heavy (non-hydrogen) atoms. The van der Waals surface area contributed by atoms with Crippen molar-refractivity contribution in [3.8, 4) is 11.5 Å². The largest absolute Gasteiger partial charge is 0.478 e. The van der Waals surface area contributed by atoms with E-state index in [0.29, 0.717) is 30.3 Å². The van der Waals surface area contributed by atoms with Crippen LogP contribution >= 0.6 is 0 Å². The zero-order chi connectivity index (χ0) is 18.6. The lowest BCUT2D eigenvalue weighted by atomic mass is 10.0. The molecule has 2 heterocycles. The summed E-state index contributed by atoms with van der Waals surface area (Å²) in [6.07, 6.45) is 2.73. The van der Waals surface area contributed by atoms with Gasteiger partial charge < -0.3 is 14.2 Å². The lowest BCUT2D eigenvalue weighted by Gasteiger charge is -2.29. The van der Waals surface area contributed by atoms with E-state index in [4.69, 9.17) is 14.2 Å². The van der Waals surface area contributed by atoms with Crippen molar-refractivity contribution in [2.75, 3.05) is 26.5 Å². The number of rotatable bonds is 6. The number of ether oxygens (including phenoxy) is 3. The third-order valence-corrected chi connectivity index (χ3v) is 4.75. The molecule has 5 heteroatoms. The van der Waals surface area contributed by atoms with E-state index in [2.05, 4.69) is 4.90 Å². The van der Waals surface area contributed by atoms with Gasteiger partial charge in [-0.1, -0.05) is 30.3 Å². The number of hydrogen-bond acceptors (Lipinski definition) is 5. The number of allylic oxidation sites excluding steroid dienone is 1. The summed E-state index contributed by atoms with van der Waals surface area (Å²) < 4.78 is 17.3. The maximum atomic E-state index is 12.7. The van der Waals surface area contributed by atoms with E-state index in [-0.39, 0.29) is 5.78 Å². The summed E-state index contributed by atoms with van der Waals surface area (Å²) in [7, 11) is 0. The van der Waals surface area contributed by atoms with Crippen molar-refractivity contribution < 1.29 is 19.0 Å². The fourth-order valence-electron chi connectivity index (χ4n) is 3.38. The van der Waals surface area contributed by atoms with Crippen molar-refractivity contribution in [2.24, 2.45) is 0 Å². The molecule has 5 nitrogen and oxygen atoms in total. The van der Waals surface area contributed by atoms with Crippen LogP contribution < -0.4 is 9.47 Å². The van der Waals surface area contributed by atoms with Crippen LogP contribution in [-0.2, 0) is 11.3 Å². The highest BCUT2D eigenvalue weighted by molar-refractivity contribution is 6.15. The average Bonchev–Trinajstić information content (AvgIpc) is 3.02. The Bertz CT molecular complexity index is 860. The van der Waals surface area contributed by atoms with Gasteiger partial charge in [0, 0.05) is 26.3 Å². The number of carbonyl (C=O) groups is 1. The molecule has 0 saturated heterocycles. The molecule has 0 spiro atoms. The summed E-state index contributed by atoms with van der Waals surface area (Å²) >= 11 is 0. The molecule has 0 saturated carbocycles. The summed E-state index contributed by atoms with van der Waals surface area (Å²) in [5.41, 5.74) is 2.49. The molecule has 140 valence electrons. The van der Waals surface area contributed by atoms with Crippen molar-refractivity contribution in [3.05, 3.63) is 64.9 Å². The van der Waals surface area contributed by atoms with E-state index in [1.54, 1.807) is 12.1 Å². The summed E-state index contributed by atoms with van der Waals surface area (Å²) in [5, 5.41) is 0. The van der Waals surface area contributed by atoms with Gasteiger partial charge in [0.15, 0.2) is 5.76 Å². The molecule has 0 aromatic heterocycles. The van der Waals surface area contributed by atoms with E-state index >= 15 is 0 Å². The first-order valence-corrected chi connectivity index (χ1v) is 9.34. The SMILES string of the molecule is CCOCCCN1COc2ccc3c(c2C1)O/C(=C\c1ccccc1)C3=O. The number of nitrogens with zero attached hydrogens (tertiary/aromatic N) is 1. The molecule has 0 fully saturated rings. The van der Waals surface area contributed by atoms with Crippen molar-refractivity contribution in [1.29, 1.82) is 0 Å². The lowest BCUT2D eigenvalue weighted by Crippen LogP contribution is -2.33. The minimum atomic E-state index is -0.0786. The zero-order valence-electron chi connectivity index (χ0n) is 15.4. The van der Waals surface area contributed by atoms with Crippen LogP contribution in [0.2, 0.25) is 0 Å². The first-order chi connectivity index (χ1) is 13.3. The Morgan fingerprint density at radius 2 is 2.04 bits per heavy atom. The molecular weight excluding hydrogens is 342 g/mol. The van der Waals surface area contributed by atoms with Crippen molar-refractivity contribution in [1.82, 2.24) is 4.90 Å². The molecule has 0 unspecified atom stereocenters. The molecule has 2 aliphatic heterocycles. The number of ketones is 1. The molecule has 0 N–H and O–H groups in total. The van der Waals surface area contributed by atoms with Gasteiger partial charge in [-0.3, -0.25) is 9.69 Å². The van der Waals surface area contributed by atoms with Gasteiger partial charge in [-0.15, -0.1) is 0 Å². The van der Waals surface area contributed by atoms with Gasteiger partial charge in [0.05, 0.1) is 11.1 Å². The number of hydrogen-bond donors (Lipinski definition) is 0. The summed E-state index contributed by atoms with van der Waals surface area (Å²) in [6.45, 7) is 5.60. The second kappa shape index (κ2) is 7.94. The molecule has 0 aliphatic carbocycles. The second-order valence-electron chi connectivity index (χ2n) is 6.65. The highest BCUT2D eigenvalue weighted by atomic mass is 16.5. The van der Waals surface area contributed by atoms with E-state index in [9.17, 15) is 4.79 Å². The molecule has 4 rings (SSSR count). The third kappa shape index (κ3) is 3.75. The Morgan fingerprint density at radius 3 is 2.85 bits per heavy atom. The molecule has 2 aromatic carbocycles. The Labute approximate surface area is 159 Å². The second-order valence-corrected chi connectivity index (χ2v) is 6.65. The normalized spacial score (nSPS) is 17.4. The van der Waals surface area contributed by atoms with Gasteiger partial charge in [0.1, 0.15) is 18.2 Å². The van der Waals surface area contributed by atoms with Gasteiger partial charge in [-0.25, -0.2) is 0 Å². The Morgan fingerprint density at radius 1 is 1.19 bits per heavy atom. The predicted molar refractivity (Wildman–Crippen MR) is 103 cm³/mol. The van der Waals surface area contributed by atoms with Gasteiger partial charge in [-0.05, 0) is 37.1 Å². The van der Waals surface area contributed by atoms with Crippen LogP contribution in [0.4, 0.5) is 0 Å². The minimum Gasteiger partial charge on any atom is -0.478 e. The predicted octanol–water partition coefficient (Wildman–Crippen LogP) is 3.88. The smallest absolute Gasteiger partial charge is 0.231 e. The summed E-state index contributed by atoms with van der Waals surface area (Å²) in [5.74, 6) is 1.71. The van der Waals surface area contributed by atoms with Gasteiger partial charge >= 0.3 is 0 Å². The highest BCUT2D eigenvalue weighted by Gasteiger charge is 2.33. The number of benzene rings is 2. The number of Topliss-reactive ketones (excluding diaryl/α,β-unsaturated/α-hetero) is 1. The van der Waals surface area contributed by atoms with Crippen LogP contribution in [0.3, 0.4) is 0 Å². The number of carbonyl (C=O) groups excluding carboxylic acids is 1. The maximum Gasteiger partial charge on any atom is 0.231 e. The third-order valence-electron chi connectivity index (χ3n) is 4.75. The number of fused-ring (bicyclic) bond motifs is 3. The first-order valence-electron chi connectivity index (χ1n) is 9.34. The quantitative estimate of drug-likeness (QED) is 0.574. The molecule has 2 aliphatic rings. The maximum absolute atomic E-state index is 12.7.